The van der Waals surface area contributed by atoms with Crippen LogP contribution in [0.5, 0.6) is 0 Å². The highest BCUT2D eigenvalue weighted by Crippen LogP contribution is 2.27. The van der Waals surface area contributed by atoms with Crippen LogP contribution in [-0.4, -0.2) is 22.4 Å². The van der Waals surface area contributed by atoms with Crippen LogP contribution in [0.25, 0.3) is 0 Å². The average Bonchev–Trinajstić information content (AvgIpc) is 2.82. The Balaban J connectivity index is 2.22. The van der Waals surface area contributed by atoms with Crippen molar-refractivity contribution in [2.45, 2.75) is 20.8 Å². The molecule has 0 radical (unpaired) electrons. The molecule has 0 saturated carbocycles. The average molecular weight is 294 g/mol. The molecule has 110 valence electrons. The molecule has 5 nitrogen and oxygen atoms in total. The van der Waals surface area contributed by atoms with Gasteiger partial charge in [-0.1, -0.05) is 29.4 Å². The fourth-order valence-corrected chi connectivity index (χ4v) is 2.30. The molecule has 0 unspecified atom stereocenters. The van der Waals surface area contributed by atoms with E-state index in [1.165, 1.54) is 13.0 Å². The van der Waals surface area contributed by atoms with Gasteiger partial charge in [0.1, 0.15) is 0 Å². The molecule has 1 aromatic heterocycles. The second-order valence-electron chi connectivity index (χ2n) is 5.18. The molecule has 0 bridgehead atoms. The van der Waals surface area contributed by atoms with Crippen LogP contribution < -0.4 is 0 Å². The van der Waals surface area contributed by atoms with E-state index in [1.54, 1.807) is 18.2 Å². The monoisotopic (exact) mass is 294 g/mol. The molecule has 0 saturated heterocycles. The number of hydrogen-bond donors (Lipinski definition) is 0. The highest BCUT2D eigenvalue weighted by molar-refractivity contribution is 6.35. The summed E-state index contributed by atoms with van der Waals surface area (Å²) in [6.07, 6.45) is 1.52. The number of benzene rings is 1. The minimum Gasteiger partial charge on any atom is -0.336 e. The molecule has 1 aromatic carbocycles. The van der Waals surface area contributed by atoms with Gasteiger partial charge in [-0.05, 0) is 26.8 Å². The molecule has 0 aliphatic heterocycles. The van der Waals surface area contributed by atoms with E-state index in [2.05, 4.69) is 10.1 Å². The highest BCUT2D eigenvalue weighted by atomic mass is 16.5. The van der Waals surface area contributed by atoms with E-state index >= 15 is 0 Å². The summed E-state index contributed by atoms with van der Waals surface area (Å²) in [5.41, 5.74) is 3.41. The highest BCUT2D eigenvalue weighted by Gasteiger charge is 2.26. The van der Waals surface area contributed by atoms with E-state index in [-0.39, 0.29) is 17.1 Å². The predicted molar refractivity (Wildman–Crippen MR) is 81.7 cm³/mol. The first-order valence-corrected chi connectivity index (χ1v) is 6.87. The Kier molecular flexibility index (Phi) is 3.33. The number of aromatic nitrogens is 1. The summed E-state index contributed by atoms with van der Waals surface area (Å²) in [5, 5.41) is 3.87. The maximum absolute atomic E-state index is 12.3. The SMILES string of the molecule is CC(=O)C1=C/C(=N\c2onc(C)c2C)c2ccccc2C1=O. The molecule has 1 aliphatic carbocycles. The van der Waals surface area contributed by atoms with Crippen LogP contribution in [0.1, 0.15) is 34.1 Å². The van der Waals surface area contributed by atoms with Gasteiger partial charge in [-0.2, -0.15) is 0 Å². The number of aliphatic imine (C=N–C) groups is 1. The van der Waals surface area contributed by atoms with E-state index < -0.39 is 0 Å². The molecular formula is C17H14N2O3. The molecule has 2 aromatic rings. The lowest BCUT2D eigenvalue weighted by Crippen LogP contribution is -2.21. The molecule has 0 fully saturated rings. The fourth-order valence-electron chi connectivity index (χ4n) is 2.30. The number of carbonyl (C=O) groups is 2. The second-order valence-corrected chi connectivity index (χ2v) is 5.18. The number of hydrogen-bond acceptors (Lipinski definition) is 5. The van der Waals surface area contributed by atoms with Gasteiger partial charge >= 0.3 is 0 Å². The van der Waals surface area contributed by atoms with Crippen molar-refractivity contribution in [3.05, 3.63) is 58.3 Å². The second kappa shape index (κ2) is 5.18. The molecule has 5 heteroatoms. The van der Waals surface area contributed by atoms with Crippen LogP contribution in [-0.2, 0) is 4.79 Å². The van der Waals surface area contributed by atoms with Crippen LogP contribution >= 0.6 is 0 Å². The molecule has 3 rings (SSSR count). The number of allylic oxidation sites excluding steroid dienone is 2. The van der Waals surface area contributed by atoms with Crippen molar-refractivity contribution in [3.8, 4) is 0 Å². The first kappa shape index (κ1) is 14.1. The van der Waals surface area contributed by atoms with Crippen molar-refractivity contribution in [1.29, 1.82) is 0 Å². The van der Waals surface area contributed by atoms with Crippen molar-refractivity contribution >= 4 is 23.2 Å². The van der Waals surface area contributed by atoms with Crippen molar-refractivity contribution in [2.75, 3.05) is 0 Å². The molecule has 0 N–H and O–H groups in total. The largest absolute Gasteiger partial charge is 0.336 e. The number of fused-ring (bicyclic) bond motifs is 1. The zero-order chi connectivity index (χ0) is 15.9. The van der Waals surface area contributed by atoms with Crippen LogP contribution in [0.4, 0.5) is 5.88 Å². The summed E-state index contributed by atoms with van der Waals surface area (Å²) in [7, 11) is 0. The van der Waals surface area contributed by atoms with Crippen LogP contribution in [0, 0.1) is 13.8 Å². The standard InChI is InChI=1S/C17H14N2O3/c1-9-10(2)19-22-17(9)18-15-8-14(11(3)20)16(21)13-7-5-4-6-12(13)15/h4-8H,1-3H3/b18-15+. The lowest BCUT2D eigenvalue weighted by molar-refractivity contribution is -0.113. The van der Waals surface area contributed by atoms with Gasteiger partial charge in [0.2, 0.25) is 0 Å². The minimum absolute atomic E-state index is 0.131. The maximum Gasteiger partial charge on any atom is 0.254 e. The number of ketones is 2. The summed E-state index contributed by atoms with van der Waals surface area (Å²) < 4.78 is 5.20. The van der Waals surface area contributed by atoms with Crippen molar-refractivity contribution in [1.82, 2.24) is 5.16 Å². The number of aryl methyl sites for hydroxylation is 1. The zero-order valence-corrected chi connectivity index (χ0v) is 12.5. The summed E-state index contributed by atoms with van der Waals surface area (Å²) in [6, 6.07) is 7.09. The molecule has 1 heterocycles. The fraction of sp³-hybridized carbons (Fsp3) is 0.176. The molecule has 0 amide bonds. The first-order chi connectivity index (χ1) is 10.5. The smallest absolute Gasteiger partial charge is 0.254 e. The van der Waals surface area contributed by atoms with E-state index in [4.69, 9.17) is 4.52 Å². The number of carbonyl (C=O) groups excluding carboxylic acids is 2. The molecule has 1 aliphatic rings. The number of Topliss-reactive ketones (excluding diaryl/α,β-unsaturated/α-hetero) is 2. The van der Waals surface area contributed by atoms with Gasteiger partial charge in [-0.3, -0.25) is 9.59 Å². The van der Waals surface area contributed by atoms with Crippen LogP contribution in [0.3, 0.4) is 0 Å². The maximum atomic E-state index is 12.3. The lowest BCUT2D eigenvalue weighted by atomic mass is 9.87. The van der Waals surface area contributed by atoms with Gasteiger partial charge in [-0.15, -0.1) is 0 Å². The van der Waals surface area contributed by atoms with Gasteiger partial charge in [0.05, 0.1) is 17.0 Å². The summed E-state index contributed by atoms with van der Waals surface area (Å²) in [6.45, 7) is 5.07. The van der Waals surface area contributed by atoms with Gasteiger partial charge in [-0.25, -0.2) is 4.99 Å². The summed E-state index contributed by atoms with van der Waals surface area (Å²) in [4.78, 5) is 28.5. The van der Waals surface area contributed by atoms with Crippen molar-refractivity contribution < 1.29 is 14.1 Å². The minimum atomic E-state index is -0.280. The van der Waals surface area contributed by atoms with Gasteiger partial charge in [0.25, 0.3) is 5.88 Å². The Morgan fingerprint density at radius 3 is 2.45 bits per heavy atom. The van der Waals surface area contributed by atoms with E-state index in [1.807, 2.05) is 19.9 Å². The number of rotatable bonds is 2. The van der Waals surface area contributed by atoms with E-state index in [0.29, 0.717) is 22.7 Å². The molecular weight excluding hydrogens is 280 g/mol. The van der Waals surface area contributed by atoms with Gasteiger partial charge in [0.15, 0.2) is 11.6 Å². The molecule has 0 atom stereocenters. The van der Waals surface area contributed by atoms with Crippen LogP contribution in [0.2, 0.25) is 0 Å². The third kappa shape index (κ3) is 2.20. The van der Waals surface area contributed by atoms with Gasteiger partial charge in [0, 0.05) is 16.7 Å². The predicted octanol–water partition coefficient (Wildman–Crippen LogP) is 3.12. The van der Waals surface area contributed by atoms with E-state index in [9.17, 15) is 9.59 Å². The van der Waals surface area contributed by atoms with Gasteiger partial charge < -0.3 is 4.52 Å². The molecule has 0 spiro atoms. The third-order valence-electron chi connectivity index (χ3n) is 3.71. The Labute approximate surface area is 127 Å². The summed E-state index contributed by atoms with van der Waals surface area (Å²) in [5.74, 6) is -0.166. The first-order valence-electron chi connectivity index (χ1n) is 6.87. The lowest BCUT2D eigenvalue weighted by Gasteiger charge is -2.15. The summed E-state index contributed by atoms with van der Waals surface area (Å²) >= 11 is 0. The van der Waals surface area contributed by atoms with E-state index in [0.717, 1.165) is 11.3 Å². The quantitative estimate of drug-likeness (QED) is 0.798. The third-order valence-corrected chi connectivity index (χ3v) is 3.71. The molecule has 22 heavy (non-hydrogen) atoms. The Morgan fingerprint density at radius 1 is 1.18 bits per heavy atom. The Hall–Kier alpha value is -2.82. The number of nitrogens with zero attached hydrogens (tertiary/aromatic N) is 2. The van der Waals surface area contributed by atoms with Crippen LogP contribution in [0.15, 0.2) is 45.4 Å². The Bertz CT molecular complexity index is 857. The normalized spacial score (nSPS) is 15.7. The van der Waals surface area contributed by atoms with Crippen molar-refractivity contribution in [2.24, 2.45) is 4.99 Å². The van der Waals surface area contributed by atoms with Crippen molar-refractivity contribution in [3.63, 3.8) is 0 Å². The topological polar surface area (TPSA) is 72.5 Å². The Morgan fingerprint density at radius 2 is 1.86 bits per heavy atom. The zero-order valence-electron chi connectivity index (χ0n) is 12.5.